The summed E-state index contributed by atoms with van der Waals surface area (Å²) in [6, 6.07) is 8.54. The lowest BCUT2D eigenvalue weighted by atomic mass is 9.81. The van der Waals surface area contributed by atoms with Crippen molar-refractivity contribution in [3.63, 3.8) is 0 Å². The molecule has 0 bridgehead atoms. The van der Waals surface area contributed by atoms with Crippen LogP contribution in [0.4, 0.5) is 0 Å². The molecule has 0 saturated heterocycles. The Morgan fingerprint density at radius 2 is 2.12 bits per heavy atom. The van der Waals surface area contributed by atoms with Gasteiger partial charge in [0.15, 0.2) is 0 Å². The normalized spacial score (nSPS) is 20.5. The van der Waals surface area contributed by atoms with E-state index in [0.29, 0.717) is 11.7 Å². The van der Waals surface area contributed by atoms with Crippen LogP contribution >= 0.6 is 0 Å². The summed E-state index contributed by atoms with van der Waals surface area (Å²) in [6.07, 6.45) is 5.79. The second-order valence-electron chi connectivity index (χ2n) is 4.92. The van der Waals surface area contributed by atoms with E-state index in [0.717, 1.165) is 45.1 Å². The lowest BCUT2D eigenvalue weighted by Gasteiger charge is -2.23. The summed E-state index contributed by atoms with van der Waals surface area (Å²) >= 11 is 0. The molecule has 1 saturated carbocycles. The summed E-state index contributed by atoms with van der Waals surface area (Å²) in [6.45, 7) is 0.734. The summed E-state index contributed by atoms with van der Waals surface area (Å²) in [5.74, 6) is 0.875. The molecule has 1 unspecified atom stereocenters. The Kier molecular flexibility index (Phi) is 4.32. The van der Waals surface area contributed by atoms with Crippen LogP contribution in [0.1, 0.15) is 49.1 Å². The number of benzene rings is 1. The Hall–Kier alpha value is -1.15. The number of Topliss-reactive ketones (excluding diaryl/α,β-unsaturated/α-hetero) is 1. The van der Waals surface area contributed by atoms with E-state index >= 15 is 0 Å². The van der Waals surface area contributed by atoms with Gasteiger partial charge < -0.3 is 5.73 Å². The van der Waals surface area contributed by atoms with Crippen molar-refractivity contribution in [2.24, 2.45) is 5.73 Å². The van der Waals surface area contributed by atoms with E-state index in [4.69, 9.17) is 5.73 Å². The van der Waals surface area contributed by atoms with E-state index in [-0.39, 0.29) is 0 Å². The number of carbonyl (C=O) groups excluding carboxylic acids is 1. The third-order valence-corrected chi connectivity index (χ3v) is 3.63. The first kappa shape index (κ1) is 12.3. The van der Waals surface area contributed by atoms with Crippen molar-refractivity contribution >= 4 is 5.78 Å². The van der Waals surface area contributed by atoms with E-state index in [1.807, 2.05) is 0 Å². The number of hydrogen-bond donors (Lipinski definition) is 1. The molecule has 92 valence electrons. The van der Waals surface area contributed by atoms with Crippen LogP contribution in [0.2, 0.25) is 0 Å². The molecule has 0 spiro atoms. The molecule has 2 nitrogen and oxygen atoms in total. The maximum absolute atomic E-state index is 11.6. The van der Waals surface area contributed by atoms with E-state index in [1.165, 1.54) is 11.1 Å². The lowest BCUT2D eigenvalue weighted by molar-refractivity contribution is -0.120. The maximum Gasteiger partial charge on any atom is 0.133 e. The molecule has 2 rings (SSSR count). The van der Waals surface area contributed by atoms with Gasteiger partial charge in [0.05, 0.1) is 0 Å². The van der Waals surface area contributed by atoms with Crippen molar-refractivity contribution in [2.75, 3.05) is 6.54 Å². The van der Waals surface area contributed by atoms with Crippen LogP contribution in [0.25, 0.3) is 0 Å². The van der Waals surface area contributed by atoms with Crippen LogP contribution in [0, 0.1) is 0 Å². The molecule has 0 heterocycles. The zero-order chi connectivity index (χ0) is 12.1. The van der Waals surface area contributed by atoms with Gasteiger partial charge in [-0.3, -0.25) is 4.79 Å². The largest absolute Gasteiger partial charge is 0.330 e. The minimum absolute atomic E-state index is 0.426. The highest BCUT2D eigenvalue weighted by atomic mass is 16.1. The fourth-order valence-electron chi connectivity index (χ4n) is 2.74. The van der Waals surface area contributed by atoms with Crippen LogP contribution in [0.15, 0.2) is 24.3 Å². The molecule has 1 atom stereocenters. The molecule has 2 N–H and O–H groups in total. The number of nitrogens with two attached hydrogens (primary N) is 1. The predicted molar refractivity (Wildman–Crippen MR) is 70.0 cm³/mol. The number of carbonyl (C=O) groups is 1. The molecule has 1 aliphatic carbocycles. The SMILES string of the molecule is NCCCc1ccccc1C1CCCC(=O)C1. The Balaban J connectivity index is 2.15. The molecule has 1 fully saturated rings. The van der Waals surface area contributed by atoms with Crippen molar-refractivity contribution in [1.29, 1.82) is 0 Å². The van der Waals surface area contributed by atoms with Gasteiger partial charge in [0.1, 0.15) is 5.78 Å². The first-order chi connectivity index (χ1) is 8.31. The monoisotopic (exact) mass is 231 g/mol. The van der Waals surface area contributed by atoms with Gasteiger partial charge in [-0.1, -0.05) is 24.3 Å². The van der Waals surface area contributed by atoms with Gasteiger partial charge >= 0.3 is 0 Å². The molecule has 0 radical (unpaired) electrons. The van der Waals surface area contributed by atoms with Gasteiger partial charge in [0, 0.05) is 12.8 Å². The Morgan fingerprint density at radius 1 is 1.29 bits per heavy atom. The van der Waals surface area contributed by atoms with E-state index in [2.05, 4.69) is 24.3 Å². The van der Waals surface area contributed by atoms with Crippen molar-refractivity contribution in [1.82, 2.24) is 0 Å². The number of aryl methyl sites for hydroxylation is 1. The van der Waals surface area contributed by atoms with Crippen LogP contribution in [0.5, 0.6) is 0 Å². The van der Waals surface area contributed by atoms with Crippen LogP contribution in [0.3, 0.4) is 0 Å². The van der Waals surface area contributed by atoms with Crippen molar-refractivity contribution in [3.8, 4) is 0 Å². The molecular formula is C15H21NO. The molecule has 0 aromatic heterocycles. The highest BCUT2D eigenvalue weighted by Crippen LogP contribution is 2.33. The molecular weight excluding hydrogens is 210 g/mol. The minimum atomic E-state index is 0.426. The van der Waals surface area contributed by atoms with Gasteiger partial charge in [0.2, 0.25) is 0 Å². The van der Waals surface area contributed by atoms with Crippen molar-refractivity contribution in [3.05, 3.63) is 35.4 Å². The van der Waals surface area contributed by atoms with Gasteiger partial charge in [-0.25, -0.2) is 0 Å². The number of hydrogen-bond acceptors (Lipinski definition) is 2. The van der Waals surface area contributed by atoms with Gasteiger partial charge in [-0.05, 0) is 49.3 Å². The standard InChI is InChI=1S/C15H21NO/c16-10-4-7-12-5-1-2-9-15(12)13-6-3-8-14(17)11-13/h1-2,5,9,13H,3-4,6-8,10-11,16H2. The second-order valence-corrected chi connectivity index (χ2v) is 4.92. The number of ketones is 1. The summed E-state index contributed by atoms with van der Waals surface area (Å²) in [5, 5.41) is 0. The Morgan fingerprint density at radius 3 is 2.88 bits per heavy atom. The lowest BCUT2D eigenvalue weighted by Crippen LogP contribution is -2.15. The molecule has 0 aliphatic heterocycles. The summed E-state index contributed by atoms with van der Waals surface area (Å²) in [5.41, 5.74) is 8.34. The fraction of sp³-hybridized carbons (Fsp3) is 0.533. The zero-order valence-corrected chi connectivity index (χ0v) is 10.3. The van der Waals surface area contributed by atoms with Gasteiger partial charge in [-0.2, -0.15) is 0 Å². The van der Waals surface area contributed by atoms with Gasteiger partial charge in [-0.15, -0.1) is 0 Å². The topological polar surface area (TPSA) is 43.1 Å². The third kappa shape index (κ3) is 3.16. The second kappa shape index (κ2) is 5.97. The average molecular weight is 231 g/mol. The van der Waals surface area contributed by atoms with Crippen molar-refractivity contribution in [2.45, 2.75) is 44.4 Å². The van der Waals surface area contributed by atoms with E-state index < -0.39 is 0 Å². The van der Waals surface area contributed by atoms with Crippen LogP contribution in [-0.2, 0) is 11.2 Å². The quantitative estimate of drug-likeness (QED) is 0.866. The highest BCUT2D eigenvalue weighted by molar-refractivity contribution is 5.80. The first-order valence-corrected chi connectivity index (χ1v) is 6.61. The fourth-order valence-corrected chi connectivity index (χ4v) is 2.74. The molecule has 0 amide bonds. The summed E-state index contributed by atoms with van der Waals surface area (Å²) in [7, 11) is 0. The Labute approximate surface area is 103 Å². The van der Waals surface area contributed by atoms with Crippen molar-refractivity contribution < 1.29 is 4.79 Å². The molecule has 1 aromatic rings. The Bertz CT molecular complexity index is 386. The number of rotatable bonds is 4. The predicted octanol–water partition coefficient (Wildman–Crippen LogP) is 2.80. The smallest absolute Gasteiger partial charge is 0.133 e. The summed E-state index contributed by atoms with van der Waals surface area (Å²) < 4.78 is 0. The minimum Gasteiger partial charge on any atom is -0.330 e. The van der Waals surface area contributed by atoms with E-state index in [9.17, 15) is 4.79 Å². The first-order valence-electron chi connectivity index (χ1n) is 6.61. The third-order valence-electron chi connectivity index (χ3n) is 3.63. The zero-order valence-electron chi connectivity index (χ0n) is 10.3. The molecule has 2 heteroatoms. The van der Waals surface area contributed by atoms with Crippen LogP contribution < -0.4 is 5.73 Å². The molecule has 17 heavy (non-hydrogen) atoms. The maximum atomic E-state index is 11.6. The average Bonchev–Trinajstić information content (AvgIpc) is 2.37. The van der Waals surface area contributed by atoms with Crippen LogP contribution in [-0.4, -0.2) is 12.3 Å². The van der Waals surface area contributed by atoms with E-state index in [1.54, 1.807) is 0 Å². The molecule has 1 aromatic carbocycles. The summed E-state index contributed by atoms with van der Waals surface area (Å²) in [4.78, 5) is 11.6. The van der Waals surface area contributed by atoms with Gasteiger partial charge in [0.25, 0.3) is 0 Å². The highest BCUT2D eigenvalue weighted by Gasteiger charge is 2.22. The molecule has 1 aliphatic rings.